The number of hydrogen-bond acceptors (Lipinski definition) is 4. The van der Waals surface area contributed by atoms with Crippen LogP contribution in [0.15, 0.2) is 49.1 Å². The van der Waals surface area contributed by atoms with Crippen LogP contribution in [0.1, 0.15) is 16.8 Å². The first kappa shape index (κ1) is 13.7. The molecule has 0 amide bonds. The quantitative estimate of drug-likeness (QED) is 0.742. The Morgan fingerprint density at radius 1 is 1.14 bits per heavy atom. The van der Waals surface area contributed by atoms with Crippen molar-refractivity contribution in [2.75, 3.05) is 0 Å². The summed E-state index contributed by atoms with van der Waals surface area (Å²) in [5.74, 6) is 0. The van der Waals surface area contributed by atoms with Gasteiger partial charge in [0.15, 0.2) is 0 Å². The summed E-state index contributed by atoms with van der Waals surface area (Å²) in [5, 5.41) is 13.4. The lowest BCUT2D eigenvalue weighted by Crippen LogP contribution is -1.88. The summed E-state index contributed by atoms with van der Waals surface area (Å²) < 4.78 is 1.77. The fourth-order valence-electron chi connectivity index (χ4n) is 2.13. The van der Waals surface area contributed by atoms with Crippen LogP contribution >= 0.6 is 0 Å². The molecular weight excluding hydrogens is 274 g/mol. The predicted octanol–water partition coefficient (Wildman–Crippen LogP) is 2.92. The third kappa shape index (κ3) is 2.91. The number of benzene rings is 1. The Hall–Kier alpha value is -3.26. The van der Waals surface area contributed by atoms with E-state index in [0.29, 0.717) is 5.56 Å². The zero-order valence-corrected chi connectivity index (χ0v) is 12.0. The lowest BCUT2D eigenvalue weighted by atomic mass is 10.1. The summed E-state index contributed by atoms with van der Waals surface area (Å²) in [4.78, 5) is 8.06. The van der Waals surface area contributed by atoms with Gasteiger partial charge in [0.2, 0.25) is 0 Å². The monoisotopic (exact) mass is 287 g/mol. The minimum Gasteiger partial charge on any atom is -0.275 e. The first-order valence-corrected chi connectivity index (χ1v) is 6.74. The van der Waals surface area contributed by atoms with Gasteiger partial charge in [-0.2, -0.15) is 10.4 Å². The van der Waals surface area contributed by atoms with E-state index in [1.54, 1.807) is 23.0 Å². The number of aromatic nitrogens is 4. The Balaban J connectivity index is 1.96. The van der Waals surface area contributed by atoms with Crippen molar-refractivity contribution in [3.63, 3.8) is 0 Å². The molecule has 0 saturated carbocycles. The summed E-state index contributed by atoms with van der Waals surface area (Å²) in [6.07, 6.45) is 9.07. The van der Waals surface area contributed by atoms with Crippen LogP contribution in [0.4, 0.5) is 0 Å². The Kier molecular flexibility index (Phi) is 3.75. The van der Waals surface area contributed by atoms with Crippen LogP contribution in [0.3, 0.4) is 0 Å². The Labute approximate surface area is 128 Å². The molecule has 0 unspecified atom stereocenters. The smallest absolute Gasteiger partial charge is 0.115 e. The summed E-state index contributed by atoms with van der Waals surface area (Å²) in [7, 11) is 1.88. The van der Waals surface area contributed by atoms with Gasteiger partial charge < -0.3 is 0 Å². The van der Waals surface area contributed by atoms with Crippen LogP contribution in [0.2, 0.25) is 0 Å². The van der Waals surface area contributed by atoms with E-state index in [1.807, 2.05) is 43.6 Å². The standard InChI is InChI=1S/C17H13N5/c1-22-11-15(6-7-16-8-9-19-12-20-16)17(21-22)14-4-2-13(10-18)3-5-14/h2-9,11-12H,1H3. The molecule has 0 bridgehead atoms. The van der Waals surface area contributed by atoms with Gasteiger partial charge in [-0.25, -0.2) is 9.97 Å². The second kappa shape index (κ2) is 6.02. The van der Waals surface area contributed by atoms with E-state index in [2.05, 4.69) is 21.1 Å². The third-order valence-electron chi connectivity index (χ3n) is 3.18. The molecule has 0 fully saturated rings. The van der Waals surface area contributed by atoms with Gasteiger partial charge in [-0.1, -0.05) is 12.1 Å². The summed E-state index contributed by atoms with van der Waals surface area (Å²) in [6.45, 7) is 0. The molecule has 3 aromatic rings. The molecule has 5 nitrogen and oxygen atoms in total. The second-order valence-electron chi connectivity index (χ2n) is 4.76. The first-order chi connectivity index (χ1) is 10.8. The van der Waals surface area contributed by atoms with Gasteiger partial charge in [0.05, 0.1) is 23.0 Å². The van der Waals surface area contributed by atoms with E-state index in [0.717, 1.165) is 22.5 Å². The zero-order chi connectivity index (χ0) is 15.4. The number of hydrogen-bond donors (Lipinski definition) is 0. The minimum absolute atomic E-state index is 0.637. The van der Waals surface area contributed by atoms with Crippen molar-refractivity contribution in [1.82, 2.24) is 19.7 Å². The Morgan fingerprint density at radius 3 is 2.64 bits per heavy atom. The highest BCUT2D eigenvalue weighted by Gasteiger charge is 2.08. The first-order valence-electron chi connectivity index (χ1n) is 6.74. The highest BCUT2D eigenvalue weighted by atomic mass is 15.2. The number of rotatable bonds is 3. The van der Waals surface area contributed by atoms with E-state index >= 15 is 0 Å². The minimum atomic E-state index is 0.637. The normalized spacial score (nSPS) is 10.7. The molecule has 3 rings (SSSR count). The topological polar surface area (TPSA) is 67.4 Å². The van der Waals surface area contributed by atoms with Gasteiger partial charge in [-0.15, -0.1) is 0 Å². The summed E-state index contributed by atoms with van der Waals surface area (Å²) in [6, 6.07) is 11.4. The van der Waals surface area contributed by atoms with Gasteiger partial charge in [-0.3, -0.25) is 4.68 Å². The maximum atomic E-state index is 8.88. The molecule has 0 radical (unpaired) electrons. The van der Waals surface area contributed by atoms with Crippen molar-refractivity contribution in [1.29, 1.82) is 5.26 Å². The molecule has 5 heteroatoms. The van der Waals surface area contributed by atoms with Crippen molar-refractivity contribution >= 4 is 12.2 Å². The van der Waals surface area contributed by atoms with E-state index < -0.39 is 0 Å². The van der Waals surface area contributed by atoms with Crippen molar-refractivity contribution in [3.05, 3.63) is 65.9 Å². The zero-order valence-electron chi connectivity index (χ0n) is 12.0. The second-order valence-corrected chi connectivity index (χ2v) is 4.76. The molecule has 106 valence electrons. The van der Waals surface area contributed by atoms with Gasteiger partial charge in [-0.05, 0) is 30.4 Å². The Bertz CT molecular complexity index is 839. The molecule has 0 N–H and O–H groups in total. The van der Waals surface area contributed by atoms with E-state index in [4.69, 9.17) is 5.26 Å². The molecule has 22 heavy (non-hydrogen) atoms. The lowest BCUT2D eigenvalue weighted by molar-refractivity contribution is 0.771. The Morgan fingerprint density at radius 2 is 1.95 bits per heavy atom. The number of nitriles is 1. The molecule has 2 heterocycles. The molecule has 0 saturated heterocycles. The number of aryl methyl sites for hydroxylation is 1. The van der Waals surface area contributed by atoms with Crippen molar-refractivity contribution in [2.45, 2.75) is 0 Å². The highest BCUT2D eigenvalue weighted by Crippen LogP contribution is 2.23. The van der Waals surface area contributed by atoms with Crippen LogP contribution in [0.5, 0.6) is 0 Å². The fraction of sp³-hybridized carbons (Fsp3) is 0.0588. The SMILES string of the molecule is Cn1cc(C=Cc2ccncn2)c(-c2ccc(C#N)cc2)n1. The van der Waals surface area contributed by atoms with E-state index in [9.17, 15) is 0 Å². The molecule has 0 aliphatic heterocycles. The van der Waals surface area contributed by atoms with Gasteiger partial charge in [0, 0.05) is 30.6 Å². The van der Waals surface area contributed by atoms with Crippen LogP contribution in [0, 0.1) is 11.3 Å². The van der Waals surface area contributed by atoms with Crippen molar-refractivity contribution in [3.8, 4) is 17.3 Å². The number of nitrogens with zero attached hydrogens (tertiary/aromatic N) is 5. The van der Waals surface area contributed by atoms with Crippen molar-refractivity contribution in [2.24, 2.45) is 7.05 Å². The average molecular weight is 287 g/mol. The maximum absolute atomic E-state index is 8.88. The van der Waals surface area contributed by atoms with E-state index in [1.165, 1.54) is 6.33 Å². The molecule has 0 atom stereocenters. The van der Waals surface area contributed by atoms with Gasteiger partial charge in [0.25, 0.3) is 0 Å². The van der Waals surface area contributed by atoms with Crippen LogP contribution in [-0.2, 0) is 7.05 Å². The van der Waals surface area contributed by atoms with Crippen LogP contribution < -0.4 is 0 Å². The van der Waals surface area contributed by atoms with Crippen LogP contribution in [-0.4, -0.2) is 19.7 Å². The highest BCUT2D eigenvalue weighted by molar-refractivity contribution is 5.78. The van der Waals surface area contributed by atoms with Crippen molar-refractivity contribution < 1.29 is 0 Å². The maximum Gasteiger partial charge on any atom is 0.115 e. The molecule has 0 spiro atoms. The van der Waals surface area contributed by atoms with E-state index in [-0.39, 0.29) is 0 Å². The molecule has 1 aromatic carbocycles. The molecule has 0 aliphatic carbocycles. The summed E-state index contributed by atoms with van der Waals surface area (Å²) in [5.41, 5.74) is 4.31. The van der Waals surface area contributed by atoms with Gasteiger partial charge in [0.1, 0.15) is 6.33 Å². The largest absolute Gasteiger partial charge is 0.275 e. The van der Waals surface area contributed by atoms with Gasteiger partial charge >= 0.3 is 0 Å². The average Bonchev–Trinajstić information content (AvgIpc) is 2.95. The van der Waals surface area contributed by atoms with Crippen LogP contribution in [0.25, 0.3) is 23.4 Å². The lowest BCUT2D eigenvalue weighted by Gasteiger charge is -1.99. The molecule has 2 aromatic heterocycles. The molecule has 0 aliphatic rings. The fourth-order valence-corrected chi connectivity index (χ4v) is 2.13. The molecular formula is C17H13N5. The summed E-state index contributed by atoms with van der Waals surface area (Å²) >= 11 is 0. The third-order valence-corrected chi connectivity index (χ3v) is 3.18. The predicted molar refractivity (Wildman–Crippen MR) is 84.3 cm³/mol.